The minimum Gasteiger partial charge on any atom is -0.352 e. The Labute approximate surface area is 142 Å². The van der Waals surface area contributed by atoms with Crippen LogP contribution in [0.2, 0.25) is 0 Å². The number of carbonyl (C=O) groups excluding carboxylic acids is 3. The highest BCUT2D eigenvalue weighted by atomic mass is 16.2. The van der Waals surface area contributed by atoms with E-state index in [9.17, 15) is 14.4 Å². The number of carbonyl (C=O) groups is 3. The predicted molar refractivity (Wildman–Crippen MR) is 88.3 cm³/mol. The Balaban J connectivity index is 1.34. The Morgan fingerprint density at radius 3 is 2.12 bits per heavy atom. The molecular weight excluding hydrogens is 310 g/mol. The van der Waals surface area contributed by atoms with Crippen LogP contribution in [0, 0.1) is 0 Å². The van der Waals surface area contributed by atoms with Gasteiger partial charge in [0.05, 0.1) is 12.6 Å². The summed E-state index contributed by atoms with van der Waals surface area (Å²) in [7, 11) is 0. The average molecular weight is 337 g/mol. The van der Waals surface area contributed by atoms with Gasteiger partial charge in [-0.15, -0.1) is 0 Å². The lowest BCUT2D eigenvalue weighted by Gasteiger charge is -2.37. The zero-order valence-corrected chi connectivity index (χ0v) is 14.2. The minimum atomic E-state index is -0.397. The van der Waals surface area contributed by atoms with Gasteiger partial charge in [-0.1, -0.05) is 0 Å². The largest absolute Gasteiger partial charge is 0.352 e. The van der Waals surface area contributed by atoms with Crippen molar-refractivity contribution in [3.05, 3.63) is 0 Å². The maximum Gasteiger partial charge on any atom is 0.321 e. The third-order valence-corrected chi connectivity index (χ3v) is 4.79. The summed E-state index contributed by atoms with van der Waals surface area (Å²) >= 11 is 0. The van der Waals surface area contributed by atoms with E-state index < -0.39 is 6.03 Å². The van der Waals surface area contributed by atoms with Crippen molar-refractivity contribution >= 4 is 17.8 Å². The number of piperazine rings is 1. The van der Waals surface area contributed by atoms with Gasteiger partial charge in [-0.05, 0) is 32.6 Å². The van der Waals surface area contributed by atoms with Gasteiger partial charge in [-0.3, -0.25) is 24.7 Å². The molecule has 0 radical (unpaired) electrons. The lowest BCUT2D eigenvalue weighted by Crippen LogP contribution is -2.55. The van der Waals surface area contributed by atoms with E-state index >= 15 is 0 Å². The monoisotopic (exact) mass is 337 g/mol. The third-order valence-electron chi connectivity index (χ3n) is 4.79. The first-order valence-electron chi connectivity index (χ1n) is 8.88. The molecule has 2 saturated carbocycles. The SMILES string of the molecule is CC(C(=O)NC1CC1)N1CCN(CC(=O)NC(=O)NC2CC2)CC1. The van der Waals surface area contributed by atoms with Gasteiger partial charge < -0.3 is 10.6 Å². The first-order valence-corrected chi connectivity index (χ1v) is 8.88. The number of hydrogen-bond donors (Lipinski definition) is 3. The van der Waals surface area contributed by atoms with E-state index in [2.05, 4.69) is 20.9 Å². The number of rotatable bonds is 6. The second kappa shape index (κ2) is 7.48. The molecule has 0 bridgehead atoms. The number of nitrogens with zero attached hydrogens (tertiary/aromatic N) is 2. The van der Waals surface area contributed by atoms with E-state index in [-0.39, 0.29) is 30.4 Å². The maximum atomic E-state index is 12.1. The number of hydrogen-bond acceptors (Lipinski definition) is 5. The molecule has 8 nitrogen and oxygen atoms in total. The van der Waals surface area contributed by atoms with Gasteiger partial charge in [-0.2, -0.15) is 0 Å². The molecule has 1 unspecified atom stereocenters. The van der Waals surface area contributed by atoms with Gasteiger partial charge >= 0.3 is 6.03 Å². The third kappa shape index (κ3) is 5.17. The summed E-state index contributed by atoms with van der Waals surface area (Å²) in [5, 5.41) is 8.14. The molecule has 1 atom stereocenters. The molecular formula is C16H27N5O3. The molecule has 1 heterocycles. The van der Waals surface area contributed by atoms with Crippen molar-refractivity contribution in [3.8, 4) is 0 Å². The van der Waals surface area contributed by atoms with E-state index in [1.54, 1.807) is 0 Å². The summed E-state index contributed by atoms with van der Waals surface area (Å²) in [6.45, 7) is 5.09. The quantitative estimate of drug-likeness (QED) is 0.593. The topological polar surface area (TPSA) is 93.8 Å². The van der Waals surface area contributed by atoms with Crippen molar-refractivity contribution in [3.63, 3.8) is 0 Å². The lowest BCUT2D eigenvalue weighted by atomic mass is 10.2. The fourth-order valence-corrected chi connectivity index (χ4v) is 2.84. The zero-order valence-electron chi connectivity index (χ0n) is 14.2. The van der Waals surface area contributed by atoms with Gasteiger partial charge in [0.1, 0.15) is 0 Å². The molecule has 3 fully saturated rings. The fraction of sp³-hybridized carbons (Fsp3) is 0.812. The first-order chi connectivity index (χ1) is 11.5. The molecule has 24 heavy (non-hydrogen) atoms. The Morgan fingerprint density at radius 2 is 1.54 bits per heavy atom. The van der Waals surface area contributed by atoms with Crippen molar-refractivity contribution in [2.75, 3.05) is 32.7 Å². The molecule has 4 amide bonds. The molecule has 134 valence electrons. The summed E-state index contributed by atoms with van der Waals surface area (Å²) in [6.07, 6.45) is 4.18. The predicted octanol–water partition coefficient (Wildman–Crippen LogP) is -0.741. The van der Waals surface area contributed by atoms with Crippen LogP contribution in [0.5, 0.6) is 0 Å². The highest BCUT2D eigenvalue weighted by Crippen LogP contribution is 2.19. The van der Waals surface area contributed by atoms with Crippen molar-refractivity contribution in [2.45, 2.75) is 50.7 Å². The van der Waals surface area contributed by atoms with E-state index in [0.29, 0.717) is 6.04 Å². The molecule has 2 aliphatic carbocycles. The van der Waals surface area contributed by atoms with Crippen molar-refractivity contribution in [1.29, 1.82) is 0 Å². The smallest absolute Gasteiger partial charge is 0.321 e. The summed E-state index contributed by atoms with van der Waals surface area (Å²) in [6, 6.07) is 0.0914. The van der Waals surface area contributed by atoms with Crippen LogP contribution in [0.1, 0.15) is 32.6 Å². The van der Waals surface area contributed by atoms with Gasteiger partial charge in [0.15, 0.2) is 0 Å². The number of nitrogens with one attached hydrogen (secondary N) is 3. The van der Waals surface area contributed by atoms with Crippen LogP contribution >= 0.6 is 0 Å². The molecule has 1 aliphatic heterocycles. The number of imide groups is 1. The van der Waals surface area contributed by atoms with E-state index in [1.807, 2.05) is 11.8 Å². The van der Waals surface area contributed by atoms with Crippen molar-refractivity contribution < 1.29 is 14.4 Å². The van der Waals surface area contributed by atoms with E-state index in [0.717, 1.165) is 51.9 Å². The van der Waals surface area contributed by atoms with Gasteiger partial charge in [0, 0.05) is 38.3 Å². The lowest BCUT2D eigenvalue weighted by molar-refractivity contribution is -0.127. The Hall–Kier alpha value is -1.67. The van der Waals surface area contributed by atoms with Gasteiger partial charge in [0.2, 0.25) is 11.8 Å². The highest BCUT2D eigenvalue weighted by molar-refractivity contribution is 5.95. The second-order valence-electron chi connectivity index (χ2n) is 7.07. The van der Waals surface area contributed by atoms with Crippen LogP contribution in [0.25, 0.3) is 0 Å². The van der Waals surface area contributed by atoms with Crippen LogP contribution in [0.4, 0.5) is 4.79 Å². The second-order valence-corrected chi connectivity index (χ2v) is 7.07. The standard InChI is InChI=1S/C16H27N5O3/c1-11(15(23)17-12-2-3-12)21-8-6-20(7-9-21)10-14(22)19-16(24)18-13-4-5-13/h11-13H,2-10H2,1H3,(H,17,23)(H2,18,19,22,24). The van der Waals surface area contributed by atoms with E-state index in [1.165, 1.54) is 0 Å². The molecule has 8 heteroatoms. The van der Waals surface area contributed by atoms with Crippen LogP contribution in [-0.4, -0.2) is 78.5 Å². The van der Waals surface area contributed by atoms with Crippen LogP contribution in [-0.2, 0) is 9.59 Å². The molecule has 0 spiro atoms. The highest BCUT2D eigenvalue weighted by Gasteiger charge is 2.30. The Bertz CT molecular complexity index is 496. The summed E-state index contributed by atoms with van der Waals surface area (Å²) in [5.41, 5.74) is 0. The van der Waals surface area contributed by atoms with Crippen LogP contribution in [0.3, 0.4) is 0 Å². The van der Waals surface area contributed by atoms with Crippen molar-refractivity contribution in [2.24, 2.45) is 0 Å². The normalized spacial score (nSPS) is 23.4. The van der Waals surface area contributed by atoms with Gasteiger partial charge in [-0.25, -0.2) is 4.79 Å². The summed E-state index contributed by atoms with van der Waals surface area (Å²) in [4.78, 5) is 39.7. The van der Waals surface area contributed by atoms with Crippen LogP contribution in [0.15, 0.2) is 0 Å². The molecule has 3 aliphatic rings. The Kier molecular flexibility index (Phi) is 5.35. The molecule has 3 rings (SSSR count). The molecule has 0 aromatic rings. The Morgan fingerprint density at radius 1 is 0.958 bits per heavy atom. The zero-order chi connectivity index (χ0) is 17.1. The number of amides is 4. The maximum absolute atomic E-state index is 12.1. The molecule has 3 N–H and O–H groups in total. The average Bonchev–Trinajstić information content (AvgIpc) is 3.44. The number of urea groups is 1. The van der Waals surface area contributed by atoms with Gasteiger partial charge in [0.25, 0.3) is 0 Å². The van der Waals surface area contributed by atoms with E-state index in [4.69, 9.17) is 0 Å². The minimum absolute atomic E-state index is 0.0976. The molecule has 0 aromatic carbocycles. The first kappa shape index (κ1) is 17.2. The van der Waals surface area contributed by atoms with Crippen molar-refractivity contribution in [1.82, 2.24) is 25.8 Å². The fourth-order valence-electron chi connectivity index (χ4n) is 2.84. The summed E-state index contributed by atoms with van der Waals surface area (Å²) in [5.74, 6) is -0.179. The molecule has 0 aromatic heterocycles. The molecule has 1 saturated heterocycles. The van der Waals surface area contributed by atoms with Crippen LogP contribution < -0.4 is 16.0 Å². The summed E-state index contributed by atoms with van der Waals surface area (Å²) < 4.78 is 0.